The second-order valence-electron chi connectivity index (χ2n) is 7.89. The van der Waals surface area contributed by atoms with Crippen molar-refractivity contribution in [2.24, 2.45) is 0 Å². The molecule has 0 radical (unpaired) electrons. The Balaban J connectivity index is 1.54. The molecule has 1 aliphatic rings. The highest BCUT2D eigenvalue weighted by molar-refractivity contribution is 5.44. The van der Waals surface area contributed by atoms with Gasteiger partial charge in [0.2, 0.25) is 5.95 Å². The normalized spacial score (nSPS) is 15.7. The molecule has 3 rings (SSSR count). The van der Waals surface area contributed by atoms with Gasteiger partial charge in [0.25, 0.3) is 0 Å². The van der Waals surface area contributed by atoms with Gasteiger partial charge in [-0.3, -0.25) is 4.90 Å². The van der Waals surface area contributed by atoms with Crippen molar-refractivity contribution in [1.82, 2.24) is 14.9 Å². The number of anilines is 1. The van der Waals surface area contributed by atoms with Gasteiger partial charge in [0.15, 0.2) is 11.5 Å². The average Bonchev–Trinajstić information content (AvgIpc) is 2.80. The van der Waals surface area contributed by atoms with E-state index in [0.29, 0.717) is 12.6 Å². The molecule has 1 aromatic heterocycles. The second-order valence-corrected chi connectivity index (χ2v) is 7.89. The molecule has 31 heavy (non-hydrogen) atoms. The molecule has 1 N–H and O–H groups in total. The molecular formula is C25H36N4O2. The summed E-state index contributed by atoms with van der Waals surface area (Å²) in [4.78, 5) is 11.4. The van der Waals surface area contributed by atoms with Crippen molar-refractivity contribution in [2.45, 2.75) is 66.0 Å². The Hall–Kier alpha value is -2.60. The highest BCUT2D eigenvalue weighted by Gasteiger charge is 2.20. The first kappa shape index (κ1) is 23.1. The van der Waals surface area contributed by atoms with Gasteiger partial charge < -0.3 is 14.8 Å². The number of allylic oxidation sites excluding steroid dienone is 2. The maximum absolute atomic E-state index is 6.03. The summed E-state index contributed by atoms with van der Waals surface area (Å²) in [7, 11) is 0. The van der Waals surface area contributed by atoms with E-state index in [4.69, 9.17) is 9.47 Å². The Bertz CT molecular complexity index is 843. The molecule has 168 valence electrons. The Morgan fingerprint density at radius 1 is 1.10 bits per heavy atom. The fraction of sp³-hybridized carbons (Fsp3) is 0.520. The Labute approximate surface area is 186 Å². The number of hydrogen-bond donors (Lipinski definition) is 1. The van der Waals surface area contributed by atoms with Crippen LogP contribution in [0.1, 0.15) is 58.1 Å². The van der Waals surface area contributed by atoms with Crippen LogP contribution in [0.15, 0.2) is 42.4 Å². The molecule has 1 aromatic carbocycles. The summed E-state index contributed by atoms with van der Waals surface area (Å²) >= 11 is 0. The lowest BCUT2D eigenvalue weighted by Gasteiger charge is -2.32. The molecule has 1 saturated heterocycles. The lowest BCUT2D eigenvalue weighted by Crippen LogP contribution is -2.39. The van der Waals surface area contributed by atoms with Crippen LogP contribution in [0.25, 0.3) is 0 Å². The van der Waals surface area contributed by atoms with Gasteiger partial charge in [-0.15, -0.1) is 0 Å². The van der Waals surface area contributed by atoms with Gasteiger partial charge in [-0.2, -0.15) is 0 Å². The van der Waals surface area contributed by atoms with Crippen LogP contribution in [0, 0.1) is 0 Å². The number of benzene rings is 1. The van der Waals surface area contributed by atoms with Crippen molar-refractivity contribution >= 4 is 5.95 Å². The monoisotopic (exact) mass is 424 g/mol. The Morgan fingerprint density at radius 3 is 2.45 bits per heavy atom. The second kappa shape index (κ2) is 11.7. The predicted octanol–water partition coefficient (Wildman–Crippen LogP) is 5.21. The van der Waals surface area contributed by atoms with E-state index in [2.05, 4.69) is 46.2 Å². The van der Waals surface area contributed by atoms with Crippen molar-refractivity contribution in [3.05, 3.63) is 53.6 Å². The summed E-state index contributed by atoms with van der Waals surface area (Å²) in [5.74, 6) is 3.30. The zero-order chi connectivity index (χ0) is 22.1. The number of aromatic nitrogens is 2. The number of rotatable bonds is 10. The molecule has 6 heteroatoms. The number of nitrogens with one attached hydrogen (secondary N) is 1. The summed E-state index contributed by atoms with van der Waals surface area (Å²) in [6.07, 6.45) is 9.82. The quantitative estimate of drug-likeness (QED) is 0.529. The standard InChI is InChI=1S/C25H36N4O2/c1-5-19-16-26-25(27-17-19)28-21-11-13-29(14-12-21)18-20-9-10-23(24(15-20)30-8-4)31-22(6-2)7-3/h6,9-10,15-17,21H,5,7-8,11-14,18H2,1-4H3,(H,26,27,28). The average molecular weight is 425 g/mol. The van der Waals surface area contributed by atoms with Crippen LogP contribution in [0.5, 0.6) is 11.5 Å². The van der Waals surface area contributed by atoms with Gasteiger partial charge in [-0.1, -0.05) is 19.9 Å². The van der Waals surface area contributed by atoms with Crippen molar-refractivity contribution in [1.29, 1.82) is 0 Å². The smallest absolute Gasteiger partial charge is 0.222 e. The summed E-state index contributed by atoms with van der Waals surface area (Å²) < 4.78 is 11.9. The number of hydrogen-bond acceptors (Lipinski definition) is 6. The van der Waals surface area contributed by atoms with E-state index in [1.807, 2.05) is 38.4 Å². The van der Waals surface area contributed by atoms with E-state index in [9.17, 15) is 0 Å². The van der Waals surface area contributed by atoms with E-state index >= 15 is 0 Å². The van der Waals surface area contributed by atoms with Crippen LogP contribution in [0.2, 0.25) is 0 Å². The van der Waals surface area contributed by atoms with Gasteiger partial charge in [0, 0.05) is 44.5 Å². The largest absolute Gasteiger partial charge is 0.490 e. The Morgan fingerprint density at radius 2 is 1.84 bits per heavy atom. The van der Waals surface area contributed by atoms with Crippen LogP contribution in [-0.2, 0) is 13.0 Å². The highest BCUT2D eigenvalue weighted by atomic mass is 16.5. The first-order valence-electron chi connectivity index (χ1n) is 11.5. The zero-order valence-corrected chi connectivity index (χ0v) is 19.4. The minimum absolute atomic E-state index is 0.423. The summed E-state index contributed by atoms with van der Waals surface area (Å²) in [5, 5.41) is 3.49. The van der Waals surface area contributed by atoms with Gasteiger partial charge in [0.05, 0.1) is 12.4 Å². The number of piperidine rings is 1. The molecule has 1 fully saturated rings. The minimum atomic E-state index is 0.423. The highest BCUT2D eigenvalue weighted by Crippen LogP contribution is 2.31. The van der Waals surface area contributed by atoms with E-state index in [0.717, 1.165) is 68.5 Å². The molecule has 0 aliphatic carbocycles. The zero-order valence-electron chi connectivity index (χ0n) is 19.4. The van der Waals surface area contributed by atoms with Gasteiger partial charge >= 0.3 is 0 Å². The molecule has 6 nitrogen and oxygen atoms in total. The Kier molecular flexibility index (Phi) is 8.71. The van der Waals surface area contributed by atoms with Crippen LogP contribution in [0.3, 0.4) is 0 Å². The van der Waals surface area contributed by atoms with Crippen molar-refractivity contribution in [2.75, 3.05) is 25.0 Å². The molecule has 0 bridgehead atoms. The fourth-order valence-corrected chi connectivity index (χ4v) is 3.77. The van der Waals surface area contributed by atoms with Gasteiger partial charge in [-0.25, -0.2) is 9.97 Å². The molecule has 0 unspecified atom stereocenters. The summed E-state index contributed by atoms with van der Waals surface area (Å²) in [6, 6.07) is 6.72. The number of aryl methyl sites for hydroxylation is 1. The molecule has 0 spiro atoms. The third-order valence-corrected chi connectivity index (χ3v) is 5.66. The predicted molar refractivity (Wildman–Crippen MR) is 126 cm³/mol. The maximum Gasteiger partial charge on any atom is 0.222 e. The number of nitrogens with zero attached hydrogens (tertiary/aromatic N) is 3. The molecule has 0 saturated carbocycles. The van der Waals surface area contributed by atoms with E-state index in [-0.39, 0.29) is 0 Å². The summed E-state index contributed by atoms with van der Waals surface area (Å²) in [6.45, 7) is 11.8. The van der Waals surface area contributed by atoms with Crippen molar-refractivity contribution in [3.8, 4) is 11.5 Å². The molecule has 0 amide bonds. The molecule has 2 aromatic rings. The van der Waals surface area contributed by atoms with E-state index in [1.54, 1.807) is 0 Å². The van der Waals surface area contributed by atoms with Crippen molar-refractivity contribution < 1.29 is 9.47 Å². The molecule has 0 atom stereocenters. The third-order valence-electron chi connectivity index (χ3n) is 5.66. The van der Waals surface area contributed by atoms with E-state index in [1.165, 1.54) is 11.1 Å². The minimum Gasteiger partial charge on any atom is -0.490 e. The molecule has 1 aliphatic heterocycles. The first-order valence-corrected chi connectivity index (χ1v) is 11.5. The molecular weight excluding hydrogens is 388 g/mol. The summed E-state index contributed by atoms with van der Waals surface area (Å²) in [5.41, 5.74) is 2.42. The first-order chi connectivity index (χ1) is 15.1. The lowest BCUT2D eigenvalue weighted by atomic mass is 10.0. The fourth-order valence-electron chi connectivity index (χ4n) is 3.77. The van der Waals surface area contributed by atoms with Crippen molar-refractivity contribution in [3.63, 3.8) is 0 Å². The van der Waals surface area contributed by atoms with Gasteiger partial charge in [-0.05, 0) is 62.4 Å². The van der Waals surface area contributed by atoms with Crippen LogP contribution in [0.4, 0.5) is 5.95 Å². The SMILES string of the molecule is CC=C(CC)Oc1ccc(CN2CCC(Nc3ncc(CC)cn3)CC2)cc1OCC. The lowest BCUT2D eigenvalue weighted by molar-refractivity contribution is 0.210. The third kappa shape index (κ3) is 6.69. The van der Waals surface area contributed by atoms with E-state index < -0.39 is 0 Å². The molecule has 2 heterocycles. The van der Waals surface area contributed by atoms with Crippen LogP contribution >= 0.6 is 0 Å². The van der Waals surface area contributed by atoms with Gasteiger partial charge in [0.1, 0.15) is 0 Å². The number of ether oxygens (including phenoxy) is 2. The number of likely N-dealkylation sites (tertiary alicyclic amines) is 1. The van der Waals surface area contributed by atoms with Crippen LogP contribution in [-0.4, -0.2) is 40.6 Å². The topological polar surface area (TPSA) is 59.5 Å². The van der Waals surface area contributed by atoms with Crippen LogP contribution < -0.4 is 14.8 Å². The maximum atomic E-state index is 6.03.